The third-order valence-corrected chi connectivity index (χ3v) is 7.23. The lowest BCUT2D eigenvalue weighted by molar-refractivity contribution is -0.384. The van der Waals surface area contributed by atoms with Gasteiger partial charge in [0.1, 0.15) is 12.3 Å². The molecule has 0 radical (unpaired) electrons. The fraction of sp³-hybridized carbons (Fsp3) is 0.500. The molecule has 0 aliphatic carbocycles. The highest BCUT2D eigenvalue weighted by molar-refractivity contribution is 6.03. The van der Waals surface area contributed by atoms with Gasteiger partial charge in [0.2, 0.25) is 5.91 Å². The Balaban J connectivity index is 1.58. The summed E-state index contributed by atoms with van der Waals surface area (Å²) >= 11 is 0. The molecule has 2 amide bonds. The van der Waals surface area contributed by atoms with Crippen LogP contribution in [0.1, 0.15) is 50.8 Å². The van der Waals surface area contributed by atoms with Crippen LogP contribution in [-0.2, 0) is 14.3 Å². The van der Waals surface area contributed by atoms with Crippen molar-refractivity contribution in [1.29, 1.82) is 0 Å². The van der Waals surface area contributed by atoms with Crippen molar-refractivity contribution in [2.24, 2.45) is 10.5 Å². The monoisotopic (exact) mass is 565 g/mol. The number of non-ortho nitro benzene ring substituents is 1. The lowest BCUT2D eigenvalue weighted by Gasteiger charge is -2.32. The maximum Gasteiger partial charge on any atom is 0.269 e. The molecule has 1 saturated heterocycles. The number of hydrogen-bond donors (Lipinski definition) is 0. The average Bonchev–Trinajstić information content (AvgIpc) is 3.40. The first kappa shape index (κ1) is 30.1. The largest absolute Gasteiger partial charge is 0.497 e. The van der Waals surface area contributed by atoms with Gasteiger partial charge in [0.25, 0.3) is 11.6 Å². The number of nitro benzene ring substituents is 1. The second-order valence-corrected chi connectivity index (χ2v) is 11.6. The molecule has 2 aliphatic rings. The van der Waals surface area contributed by atoms with E-state index < -0.39 is 11.0 Å². The fourth-order valence-corrected chi connectivity index (χ4v) is 4.96. The highest BCUT2D eigenvalue weighted by atomic mass is 16.6. The molecule has 0 aromatic heterocycles. The Morgan fingerprint density at radius 3 is 2.34 bits per heavy atom. The zero-order valence-corrected chi connectivity index (χ0v) is 24.2. The zero-order chi connectivity index (χ0) is 29.6. The number of carbonyl (C=O) groups is 2. The summed E-state index contributed by atoms with van der Waals surface area (Å²) in [5.74, 6) is 0.342. The Bertz CT molecular complexity index is 1250. The van der Waals surface area contributed by atoms with Crippen LogP contribution in [0.4, 0.5) is 5.69 Å². The minimum Gasteiger partial charge on any atom is -0.497 e. The summed E-state index contributed by atoms with van der Waals surface area (Å²) in [5, 5.41) is 17.3. The van der Waals surface area contributed by atoms with Crippen LogP contribution >= 0.6 is 0 Å². The average molecular weight is 566 g/mol. The number of amides is 2. The van der Waals surface area contributed by atoms with E-state index in [-0.39, 0.29) is 29.5 Å². The van der Waals surface area contributed by atoms with E-state index in [9.17, 15) is 19.7 Å². The van der Waals surface area contributed by atoms with E-state index in [2.05, 4.69) is 4.90 Å². The molecule has 1 fully saturated rings. The van der Waals surface area contributed by atoms with E-state index in [0.717, 1.165) is 18.7 Å². The van der Waals surface area contributed by atoms with Crippen molar-refractivity contribution in [2.75, 3.05) is 53.0 Å². The molecule has 4 rings (SSSR count). The van der Waals surface area contributed by atoms with Crippen LogP contribution in [0.2, 0.25) is 0 Å². The third-order valence-electron chi connectivity index (χ3n) is 7.23. The number of nitrogens with zero attached hydrogens (tertiary/aromatic N) is 5. The van der Waals surface area contributed by atoms with Crippen LogP contribution in [0.3, 0.4) is 0 Å². The van der Waals surface area contributed by atoms with Crippen LogP contribution in [0, 0.1) is 15.5 Å². The molecule has 2 aromatic carbocycles. The summed E-state index contributed by atoms with van der Waals surface area (Å²) in [6, 6.07) is 13.3. The summed E-state index contributed by atoms with van der Waals surface area (Å²) in [7, 11) is 1.59. The number of methoxy groups -OCH3 is 1. The molecule has 0 bridgehead atoms. The van der Waals surface area contributed by atoms with Gasteiger partial charge in [-0.1, -0.05) is 32.9 Å². The number of benzene rings is 2. The van der Waals surface area contributed by atoms with E-state index in [0.29, 0.717) is 56.2 Å². The molecule has 41 heavy (non-hydrogen) atoms. The van der Waals surface area contributed by atoms with Crippen molar-refractivity contribution in [3.8, 4) is 5.75 Å². The molecule has 2 heterocycles. The minimum atomic E-state index is -0.448. The van der Waals surface area contributed by atoms with Gasteiger partial charge in [0.15, 0.2) is 0 Å². The van der Waals surface area contributed by atoms with E-state index in [4.69, 9.17) is 14.6 Å². The summed E-state index contributed by atoms with van der Waals surface area (Å²) in [5.41, 5.74) is 1.99. The lowest BCUT2D eigenvalue weighted by atomic mass is 9.91. The SMILES string of the molecule is COc1ccc([C@@H]2CC(c3ccc([N+](=O)[O-])cc3)=NN2C(=O)CN(CCN2CCOCC2)C(=O)CC(C)(C)C)cc1. The van der Waals surface area contributed by atoms with Gasteiger partial charge >= 0.3 is 0 Å². The standard InChI is InChI=1S/C30H39N5O6/c1-30(2,3)20-28(36)33(14-13-32-15-17-41-18-16-32)21-29(37)34-27(23-7-11-25(40-4)12-8-23)19-26(31-34)22-5-9-24(10-6-22)35(38)39/h5-12,27H,13-21H2,1-4H3/t27-/m0/s1. The van der Waals surface area contributed by atoms with Crippen LogP contribution in [0.5, 0.6) is 5.75 Å². The Labute approximate surface area is 240 Å². The highest BCUT2D eigenvalue weighted by Gasteiger charge is 2.35. The molecule has 0 spiro atoms. The van der Waals surface area contributed by atoms with Gasteiger partial charge in [-0.05, 0) is 40.8 Å². The number of ether oxygens (including phenoxy) is 2. The zero-order valence-electron chi connectivity index (χ0n) is 24.2. The molecule has 220 valence electrons. The smallest absolute Gasteiger partial charge is 0.269 e. The van der Waals surface area contributed by atoms with Gasteiger partial charge in [-0.2, -0.15) is 5.10 Å². The topological polar surface area (TPSA) is 118 Å². The first-order chi connectivity index (χ1) is 19.5. The molecule has 0 N–H and O–H groups in total. The van der Waals surface area contributed by atoms with Gasteiger partial charge < -0.3 is 14.4 Å². The van der Waals surface area contributed by atoms with Gasteiger partial charge in [-0.3, -0.25) is 24.6 Å². The van der Waals surface area contributed by atoms with Gasteiger partial charge in [-0.25, -0.2) is 5.01 Å². The normalized spacial score (nSPS) is 17.7. The van der Waals surface area contributed by atoms with Crippen LogP contribution in [0.15, 0.2) is 53.6 Å². The Hall–Kier alpha value is -3.83. The predicted octanol–water partition coefficient (Wildman–Crippen LogP) is 3.88. The maximum absolute atomic E-state index is 13.9. The molecule has 0 unspecified atom stereocenters. The molecular formula is C30H39N5O6. The Kier molecular flexibility index (Phi) is 9.72. The first-order valence-electron chi connectivity index (χ1n) is 13.9. The quantitative estimate of drug-likeness (QED) is 0.317. The lowest BCUT2D eigenvalue weighted by Crippen LogP contribution is -2.47. The Morgan fingerprint density at radius 2 is 1.76 bits per heavy atom. The van der Waals surface area contributed by atoms with Crippen LogP contribution in [-0.4, -0.2) is 90.3 Å². The molecular weight excluding hydrogens is 526 g/mol. The van der Waals surface area contributed by atoms with Crippen LogP contribution < -0.4 is 4.74 Å². The van der Waals surface area contributed by atoms with E-state index in [1.54, 1.807) is 24.1 Å². The fourth-order valence-electron chi connectivity index (χ4n) is 4.96. The summed E-state index contributed by atoms with van der Waals surface area (Å²) in [4.78, 5) is 41.8. The molecule has 1 atom stereocenters. The van der Waals surface area contributed by atoms with Gasteiger partial charge in [-0.15, -0.1) is 0 Å². The van der Waals surface area contributed by atoms with Crippen molar-refractivity contribution >= 4 is 23.2 Å². The summed E-state index contributed by atoms with van der Waals surface area (Å²) in [6.07, 6.45) is 0.752. The van der Waals surface area contributed by atoms with Gasteiger partial charge in [0, 0.05) is 51.2 Å². The number of rotatable bonds is 10. The number of carbonyl (C=O) groups excluding carboxylic acids is 2. The van der Waals surface area contributed by atoms with Crippen LogP contribution in [0.25, 0.3) is 0 Å². The van der Waals surface area contributed by atoms with Crippen molar-refractivity contribution in [2.45, 2.75) is 39.7 Å². The van der Waals surface area contributed by atoms with E-state index in [1.165, 1.54) is 17.1 Å². The molecule has 11 heteroatoms. The molecule has 0 saturated carbocycles. The maximum atomic E-state index is 13.9. The number of hydrazone groups is 1. The van der Waals surface area contributed by atoms with Crippen molar-refractivity contribution in [3.05, 3.63) is 69.8 Å². The van der Waals surface area contributed by atoms with Crippen molar-refractivity contribution in [1.82, 2.24) is 14.8 Å². The van der Waals surface area contributed by atoms with Crippen molar-refractivity contribution < 1.29 is 24.0 Å². The molecule has 11 nitrogen and oxygen atoms in total. The third kappa shape index (κ3) is 8.11. The van der Waals surface area contributed by atoms with E-state index >= 15 is 0 Å². The molecule has 2 aliphatic heterocycles. The number of hydrogen-bond acceptors (Lipinski definition) is 8. The Morgan fingerprint density at radius 1 is 1.10 bits per heavy atom. The predicted molar refractivity (Wildman–Crippen MR) is 155 cm³/mol. The molecule has 2 aromatic rings. The van der Waals surface area contributed by atoms with Crippen molar-refractivity contribution in [3.63, 3.8) is 0 Å². The number of morpholine rings is 1. The summed E-state index contributed by atoms with van der Waals surface area (Å²) in [6.45, 7) is 9.93. The second kappa shape index (κ2) is 13.2. The summed E-state index contributed by atoms with van der Waals surface area (Å²) < 4.78 is 10.7. The highest BCUT2D eigenvalue weighted by Crippen LogP contribution is 2.34. The van der Waals surface area contributed by atoms with E-state index in [1.807, 2.05) is 45.0 Å². The number of nitro groups is 1. The van der Waals surface area contributed by atoms with Gasteiger partial charge in [0.05, 0.1) is 37.0 Å². The minimum absolute atomic E-state index is 0.0137. The first-order valence-corrected chi connectivity index (χ1v) is 13.9. The second-order valence-electron chi connectivity index (χ2n) is 11.6.